The second-order valence-electron chi connectivity index (χ2n) is 5.85. The summed E-state index contributed by atoms with van der Waals surface area (Å²) in [6.45, 7) is 3.29. The van der Waals surface area contributed by atoms with Gasteiger partial charge in [-0.05, 0) is 38.1 Å². The lowest BCUT2D eigenvalue weighted by molar-refractivity contribution is -0.140. The Balaban J connectivity index is 2.03. The number of nitrogens with one attached hydrogen (secondary N) is 1. The average molecular weight is 428 g/mol. The van der Waals surface area contributed by atoms with E-state index in [1.807, 2.05) is 6.07 Å². The Labute approximate surface area is 155 Å². The van der Waals surface area contributed by atoms with Crippen LogP contribution >= 0.6 is 15.9 Å². The molecule has 8 heteroatoms. The van der Waals surface area contributed by atoms with Crippen LogP contribution in [0.1, 0.15) is 29.9 Å². The van der Waals surface area contributed by atoms with Crippen molar-refractivity contribution in [3.05, 3.63) is 63.6 Å². The summed E-state index contributed by atoms with van der Waals surface area (Å²) in [5, 5.41) is 3.69. The van der Waals surface area contributed by atoms with Gasteiger partial charge in [-0.25, -0.2) is 14.4 Å². The van der Waals surface area contributed by atoms with Crippen molar-refractivity contribution < 1.29 is 17.6 Å². The Bertz CT molecular complexity index is 973. The van der Waals surface area contributed by atoms with Crippen LogP contribution in [0.5, 0.6) is 0 Å². The van der Waals surface area contributed by atoms with Gasteiger partial charge < -0.3 is 5.32 Å². The van der Waals surface area contributed by atoms with Crippen LogP contribution in [0.25, 0.3) is 10.9 Å². The van der Waals surface area contributed by atoms with Gasteiger partial charge in [0.15, 0.2) is 0 Å². The highest BCUT2D eigenvalue weighted by molar-refractivity contribution is 9.10. The topological polar surface area (TPSA) is 37.8 Å². The molecule has 3 rings (SSSR count). The molecule has 0 aliphatic rings. The molecule has 136 valence electrons. The normalized spacial score (nSPS) is 13.0. The summed E-state index contributed by atoms with van der Waals surface area (Å²) in [5.74, 6) is -0.353. The molecule has 0 bridgehead atoms. The van der Waals surface area contributed by atoms with Crippen LogP contribution in [-0.4, -0.2) is 9.97 Å². The van der Waals surface area contributed by atoms with E-state index < -0.39 is 23.6 Å². The maximum absolute atomic E-state index is 14.4. The van der Waals surface area contributed by atoms with Gasteiger partial charge in [0.1, 0.15) is 17.5 Å². The molecule has 0 fully saturated rings. The van der Waals surface area contributed by atoms with E-state index in [0.29, 0.717) is 22.5 Å². The number of hydrogen-bond acceptors (Lipinski definition) is 3. The number of fused-ring (bicyclic) bond motifs is 1. The zero-order valence-electron chi connectivity index (χ0n) is 13.8. The summed E-state index contributed by atoms with van der Waals surface area (Å²) in [5.41, 5.74) is -0.686. The molecule has 0 aliphatic carbocycles. The molecule has 3 nitrogen and oxygen atoms in total. The van der Waals surface area contributed by atoms with Crippen LogP contribution in [0.2, 0.25) is 0 Å². The fraction of sp³-hybridized carbons (Fsp3) is 0.222. The monoisotopic (exact) mass is 427 g/mol. The fourth-order valence-corrected chi connectivity index (χ4v) is 3.07. The number of alkyl halides is 3. The van der Waals surface area contributed by atoms with Crippen molar-refractivity contribution in [2.24, 2.45) is 0 Å². The maximum atomic E-state index is 14.4. The van der Waals surface area contributed by atoms with Crippen molar-refractivity contribution in [1.82, 2.24) is 9.97 Å². The van der Waals surface area contributed by atoms with E-state index in [1.54, 1.807) is 26.0 Å². The van der Waals surface area contributed by atoms with Crippen LogP contribution in [0.4, 0.5) is 23.4 Å². The molecule has 0 amide bonds. The van der Waals surface area contributed by atoms with Crippen molar-refractivity contribution in [2.75, 3.05) is 5.32 Å². The average Bonchev–Trinajstić information content (AvgIpc) is 2.54. The van der Waals surface area contributed by atoms with E-state index in [4.69, 9.17) is 0 Å². The predicted molar refractivity (Wildman–Crippen MR) is 95.4 cm³/mol. The van der Waals surface area contributed by atoms with Crippen molar-refractivity contribution >= 4 is 32.7 Å². The summed E-state index contributed by atoms with van der Waals surface area (Å²) in [6, 6.07) is 7.95. The van der Waals surface area contributed by atoms with E-state index in [2.05, 4.69) is 31.2 Å². The van der Waals surface area contributed by atoms with Gasteiger partial charge in [-0.15, -0.1) is 0 Å². The summed E-state index contributed by atoms with van der Waals surface area (Å²) in [7, 11) is 0. The molecule has 3 aromatic rings. The van der Waals surface area contributed by atoms with Crippen molar-refractivity contribution in [3.63, 3.8) is 0 Å². The molecule has 0 unspecified atom stereocenters. The molecule has 0 spiro atoms. The first-order valence-electron chi connectivity index (χ1n) is 7.73. The third-order valence-electron chi connectivity index (χ3n) is 3.92. The second-order valence-corrected chi connectivity index (χ2v) is 6.77. The quantitative estimate of drug-likeness (QED) is 0.518. The molecule has 0 radical (unpaired) electrons. The molecule has 1 heterocycles. The van der Waals surface area contributed by atoms with Crippen LogP contribution in [0.15, 0.2) is 40.9 Å². The third kappa shape index (κ3) is 3.65. The van der Waals surface area contributed by atoms with Crippen molar-refractivity contribution in [1.29, 1.82) is 0 Å². The zero-order valence-corrected chi connectivity index (χ0v) is 15.4. The first-order chi connectivity index (χ1) is 12.2. The third-order valence-corrected chi connectivity index (χ3v) is 4.42. The van der Waals surface area contributed by atoms with Crippen LogP contribution < -0.4 is 5.32 Å². The smallest absolute Gasteiger partial charge is 0.363 e. The van der Waals surface area contributed by atoms with Gasteiger partial charge in [-0.2, -0.15) is 13.2 Å². The minimum absolute atomic E-state index is 0.0840. The minimum Gasteiger partial charge on any atom is -0.363 e. The highest BCUT2D eigenvalue weighted by atomic mass is 79.9. The molecule has 1 atom stereocenters. The van der Waals surface area contributed by atoms with E-state index in [-0.39, 0.29) is 5.56 Å². The van der Waals surface area contributed by atoms with Crippen LogP contribution in [-0.2, 0) is 6.18 Å². The lowest BCUT2D eigenvalue weighted by atomic mass is 10.0. The van der Waals surface area contributed by atoms with Crippen molar-refractivity contribution in [2.45, 2.75) is 26.1 Å². The molecule has 2 aromatic carbocycles. The van der Waals surface area contributed by atoms with Gasteiger partial charge in [-0.1, -0.05) is 28.1 Å². The number of nitrogens with zero attached hydrogens (tertiary/aromatic N) is 2. The summed E-state index contributed by atoms with van der Waals surface area (Å²) in [4.78, 5) is 8.65. The predicted octanol–water partition coefficient (Wildman–Crippen LogP) is 6.03. The highest BCUT2D eigenvalue weighted by Gasteiger charge is 2.35. The Morgan fingerprint density at radius 1 is 1.12 bits per heavy atom. The van der Waals surface area contributed by atoms with Gasteiger partial charge >= 0.3 is 6.18 Å². The largest absolute Gasteiger partial charge is 0.419 e. The highest BCUT2D eigenvalue weighted by Crippen LogP contribution is 2.35. The SMILES string of the molecule is Cc1nc(N[C@H](C)c2cccc(C(F)(F)F)c2F)c2cc(Br)ccc2n1. The second kappa shape index (κ2) is 6.83. The number of anilines is 1. The number of hydrogen-bond donors (Lipinski definition) is 1. The fourth-order valence-electron chi connectivity index (χ4n) is 2.71. The number of aryl methyl sites for hydroxylation is 1. The van der Waals surface area contributed by atoms with Crippen LogP contribution in [0.3, 0.4) is 0 Å². The number of halogens is 5. The minimum atomic E-state index is -4.75. The standard InChI is InChI=1S/C18H14BrF4N3/c1-9(12-4-3-5-14(16(12)20)18(21,22)23)24-17-13-8-11(19)6-7-15(13)25-10(2)26-17/h3-9H,1-2H3,(H,24,25,26)/t9-/m1/s1. The molecular weight excluding hydrogens is 414 g/mol. The Morgan fingerprint density at radius 2 is 1.85 bits per heavy atom. The summed E-state index contributed by atoms with van der Waals surface area (Å²) >= 11 is 3.37. The molecule has 0 aliphatic heterocycles. The van der Waals surface area contributed by atoms with Gasteiger partial charge in [0.2, 0.25) is 0 Å². The lowest BCUT2D eigenvalue weighted by Gasteiger charge is -2.19. The number of benzene rings is 2. The number of rotatable bonds is 3. The van der Waals surface area contributed by atoms with Gasteiger partial charge in [0.05, 0.1) is 17.1 Å². The van der Waals surface area contributed by atoms with Crippen LogP contribution in [0, 0.1) is 12.7 Å². The summed E-state index contributed by atoms with van der Waals surface area (Å²) < 4.78 is 54.0. The number of aromatic nitrogens is 2. The first-order valence-corrected chi connectivity index (χ1v) is 8.52. The Morgan fingerprint density at radius 3 is 2.54 bits per heavy atom. The Hall–Kier alpha value is -2.22. The molecule has 1 N–H and O–H groups in total. The van der Waals surface area contributed by atoms with Gasteiger partial charge in [-0.3, -0.25) is 0 Å². The first kappa shape index (κ1) is 18.6. The molecule has 26 heavy (non-hydrogen) atoms. The van der Waals surface area contributed by atoms with E-state index in [0.717, 1.165) is 10.5 Å². The Kier molecular flexibility index (Phi) is 4.88. The van der Waals surface area contributed by atoms with Gasteiger partial charge in [0, 0.05) is 15.4 Å². The molecule has 0 saturated heterocycles. The van der Waals surface area contributed by atoms with Crippen molar-refractivity contribution in [3.8, 4) is 0 Å². The molecule has 0 saturated carbocycles. The van der Waals surface area contributed by atoms with E-state index in [9.17, 15) is 17.6 Å². The summed E-state index contributed by atoms with van der Waals surface area (Å²) in [6.07, 6.45) is -4.75. The molecule has 1 aromatic heterocycles. The van der Waals surface area contributed by atoms with Gasteiger partial charge in [0.25, 0.3) is 0 Å². The molecular formula is C18H14BrF4N3. The zero-order chi connectivity index (χ0) is 19.1. The van der Waals surface area contributed by atoms with E-state index >= 15 is 0 Å². The lowest BCUT2D eigenvalue weighted by Crippen LogP contribution is -2.15. The maximum Gasteiger partial charge on any atom is 0.419 e. The van der Waals surface area contributed by atoms with E-state index in [1.165, 1.54) is 12.1 Å².